The Morgan fingerprint density at radius 2 is 1.65 bits per heavy atom. The molecule has 0 aliphatic heterocycles. The summed E-state index contributed by atoms with van der Waals surface area (Å²) in [7, 11) is 1.77. The van der Waals surface area contributed by atoms with Crippen molar-refractivity contribution < 1.29 is 14.7 Å². The minimum atomic E-state index is -0.947. The Kier molecular flexibility index (Phi) is 5.52. The van der Waals surface area contributed by atoms with Crippen LogP contribution in [0.3, 0.4) is 0 Å². The summed E-state index contributed by atoms with van der Waals surface area (Å²) in [6.07, 6.45) is 0.452. The van der Waals surface area contributed by atoms with E-state index in [2.05, 4.69) is 0 Å². The third-order valence-corrected chi connectivity index (χ3v) is 3.90. The molecule has 1 N–H and O–H groups in total. The maximum absolute atomic E-state index is 12.3. The van der Waals surface area contributed by atoms with Crippen LogP contribution >= 0.6 is 0 Å². The second-order valence-electron chi connectivity index (χ2n) is 5.77. The zero-order valence-corrected chi connectivity index (χ0v) is 13.4. The summed E-state index contributed by atoms with van der Waals surface area (Å²) in [6.45, 7) is 2.52. The van der Waals surface area contributed by atoms with E-state index < -0.39 is 5.97 Å². The van der Waals surface area contributed by atoms with Crippen molar-refractivity contribution in [2.75, 3.05) is 7.05 Å². The topological polar surface area (TPSA) is 57.6 Å². The van der Waals surface area contributed by atoms with E-state index in [9.17, 15) is 9.59 Å². The van der Waals surface area contributed by atoms with Gasteiger partial charge >= 0.3 is 5.97 Å². The van der Waals surface area contributed by atoms with Gasteiger partial charge in [-0.3, -0.25) is 4.79 Å². The van der Waals surface area contributed by atoms with E-state index in [4.69, 9.17) is 5.11 Å². The minimum absolute atomic E-state index is 0.0728. The number of carboxylic acids is 1. The molecule has 4 heteroatoms. The molecule has 0 aliphatic carbocycles. The van der Waals surface area contributed by atoms with E-state index in [1.807, 2.05) is 37.3 Å². The van der Waals surface area contributed by atoms with Crippen molar-refractivity contribution in [3.05, 3.63) is 71.3 Å². The lowest BCUT2D eigenvalue weighted by Gasteiger charge is -2.20. The number of carbonyl (C=O) groups is 2. The molecule has 0 aliphatic rings. The number of rotatable bonds is 6. The molecule has 2 aromatic carbocycles. The fourth-order valence-corrected chi connectivity index (χ4v) is 2.43. The molecule has 1 atom stereocenters. The molecule has 0 spiro atoms. The van der Waals surface area contributed by atoms with Gasteiger partial charge in [-0.25, -0.2) is 4.79 Å². The molecule has 23 heavy (non-hydrogen) atoms. The van der Waals surface area contributed by atoms with Crippen LogP contribution in [0.25, 0.3) is 0 Å². The zero-order valence-electron chi connectivity index (χ0n) is 13.4. The molecular weight excluding hydrogens is 290 g/mol. The number of benzene rings is 2. The first-order valence-electron chi connectivity index (χ1n) is 7.58. The second-order valence-corrected chi connectivity index (χ2v) is 5.77. The largest absolute Gasteiger partial charge is 0.478 e. The molecule has 0 saturated carbocycles. The summed E-state index contributed by atoms with van der Waals surface area (Å²) in [6, 6.07) is 16.6. The van der Waals surface area contributed by atoms with Crippen molar-refractivity contribution in [1.29, 1.82) is 0 Å². The standard InChI is InChI=1S/C19H21NO3/c1-14(16-6-4-3-5-7-16)12-18(21)20(2)13-15-8-10-17(11-9-15)19(22)23/h3-11,14H,12-13H2,1-2H3,(H,22,23). The molecular formula is C19H21NO3. The molecule has 120 valence electrons. The molecule has 1 unspecified atom stereocenters. The predicted molar refractivity (Wildman–Crippen MR) is 89.3 cm³/mol. The van der Waals surface area contributed by atoms with Crippen LogP contribution in [-0.4, -0.2) is 28.9 Å². The maximum atomic E-state index is 12.3. The summed E-state index contributed by atoms with van der Waals surface area (Å²) in [4.78, 5) is 24.8. The Hall–Kier alpha value is -2.62. The predicted octanol–water partition coefficient (Wildman–Crippen LogP) is 3.54. The van der Waals surface area contributed by atoms with Gasteiger partial charge in [0.1, 0.15) is 0 Å². The van der Waals surface area contributed by atoms with Crippen LogP contribution < -0.4 is 0 Å². The molecule has 0 bridgehead atoms. The van der Waals surface area contributed by atoms with Crippen LogP contribution in [-0.2, 0) is 11.3 Å². The molecule has 0 fully saturated rings. The number of nitrogens with zero attached hydrogens (tertiary/aromatic N) is 1. The smallest absolute Gasteiger partial charge is 0.335 e. The molecule has 0 heterocycles. The number of carboxylic acid groups (broad SMARTS) is 1. The lowest BCUT2D eigenvalue weighted by molar-refractivity contribution is -0.130. The first-order chi connectivity index (χ1) is 11.0. The lowest BCUT2D eigenvalue weighted by atomic mass is 9.97. The highest BCUT2D eigenvalue weighted by Crippen LogP contribution is 2.19. The van der Waals surface area contributed by atoms with Crippen LogP contribution in [0.2, 0.25) is 0 Å². The monoisotopic (exact) mass is 311 g/mol. The second kappa shape index (κ2) is 7.58. The first kappa shape index (κ1) is 16.7. The molecule has 0 aromatic heterocycles. The van der Waals surface area contributed by atoms with Gasteiger partial charge in [0.05, 0.1) is 5.56 Å². The third-order valence-electron chi connectivity index (χ3n) is 3.90. The van der Waals surface area contributed by atoms with Crippen LogP contribution in [0.15, 0.2) is 54.6 Å². The molecule has 2 aromatic rings. The molecule has 4 nitrogen and oxygen atoms in total. The Balaban J connectivity index is 1.93. The summed E-state index contributed by atoms with van der Waals surface area (Å²) in [5, 5.41) is 8.89. The fourth-order valence-electron chi connectivity index (χ4n) is 2.43. The van der Waals surface area contributed by atoms with Gasteiger partial charge in [0.2, 0.25) is 5.91 Å². The lowest BCUT2D eigenvalue weighted by Crippen LogP contribution is -2.27. The summed E-state index contributed by atoms with van der Waals surface area (Å²) in [5.41, 5.74) is 2.32. The Morgan fingerprint density at radius 3 is 2.22 bits per heavy atom. The Morgan fingerprint density at radius 1 is 1.04 bits per heavy atom. The number of aromatic carboxylic acids is 1. The molecule has 1 amide bonds. The van der Waals surface area contributed by atoms with E-state index >= 15 is 0 Å². The van der Waals surface area contributed by atoms with Crippen LogP contribution in [0.1, 0.15) is 40.7 Å². The average molecular weight is 311 g/mol. The van der Waals surface area contributed by atoms with Gasteiger partial charge in [-0.15, -0.1) is 0 Å². The SMILES string of the molecule is CC(CC(=O)N(C)Cc1ccc(C(=O)O)cc1)c1ccccc1. The van der Waals surface area contributed by atoms with Crippen molar-refractivity contribution in [3.63, 3.8) is 0 Å². The van der Waals surface area contributed by atoms with Gasteiger partial charge in [0, 0.05) is 20.0 Å². The highest BCUT2D eigenvalue weighted by molar-refractivity contribution is 5.87. The van der Waals surface area contributed by atoms with Gasteiger partial charge < -0.3 is 10.0 Å². The van der Waals surface area contributed by atoms with Gasteiger partial charge in [0.25, 0.3) is 0 Å². The number of amides is 1. The number of hydrogen-bond acceptors (Lipinski definition) is 2. The van der Waals surface area contributed by atoms with Crippen molar-refractivity contribution >= 4 is 11.9 Å². The maximum Gasteiger partial charge on any atom is 0.335 e. The number of hydrogen-bond donors (Lipinski definition) is 1. The molecule has 0 saturated heterocycles. The quantitative estimate of drug-likeness (QED) is 0.887. The molecule has 2 rings (SSSR count). The fraction of sp³-hybridized carbons (Fsp3) is 0.263. The van der Waals surface area contributed by atoms with Crippen LogP contribution in [0, 0.1) is 0 Å². The van der Waals surface area contributed by atoms with Crippen molar-refractivity contribution in [2.45, 2.75) is 25.8 Å². The van der Waals surface area contributed by atoms with Gasteiger partial charge in [-0.1, -0.05) is 49.4 Å². The van der Waals surface area contributed by atoms with E-state index in [0.29, 0.717) is 13.0 Å². The van der Waals surface area contributed by atoms with E-state index in [0.717, 1.165) is 11.1 Å². The average Bonchev–Trinajstić information content (AvgIpc) is 2.56. The van der Waals surface area contributed by atoms with Gasteiger partial charge in [-0.05, 0) is 29.2 Å². The van der Waals surface area contributed by atoms with Crippen molar-refractivity contribution in [3.8, 4) is 0 Å². The highest BCUT2D eigenvalue weighted by atomic mass is 16.4. The summed E-state index contributed by atoms with van der Waals surface area (Å²) < 4.78 is 0. The third kappa shape index (κ3) is 4.68. The highest BCUT2D eigenvalue weighted by Gasteiger charge is 2.15. The van der Waals surface area contributed by atoms with Gasteiger partial charge in [0.15, 0.2) is 0 Å². The van der Waals surface area contributed by atoms with E-state index in [1.165, 1.54) is 0 Å². The molecule has 0 radical (unpaired) electrons. The van der Waals surface area contributed by atoms with Gasteiger partial charge in [-0.2, -0.15) is 0 Å². The Labute approximate surface area is 136 Å². The zero-order chi connectivity index (χ0) is 16.8. The summed E-state index contributed by atoms with van der Waals surface area (Å²) >= 11 is 0. The van der Waals surface area contributed by atoms with Crippen molar-refractivity contribution in [2.24, 2.45) is 0 Å². The number of carbonyl (C=O) groups excluding carboxylic acids is 1. The minimum Gasteiger partial charge on any atom is -0.478 e. The van der Waals surface area contributed by atoms with Crippen LogP contribution in [0.5, 0.6) is 0 Å². The summed E-state index contributed by atoms with van der Waals surface area (Å²) in [5.74, 6) is -0.707. The van der Waals surface area contributed by atoms with E-state index in [-0.39, 0.29) is 17.4 Å². The van der Waals surface area contributed by atoms with Crippen molar-refractivity contribution in [1.82, 2.24) is 4.90 Å². The Bertz CT molecular complexity index is 665. The normalized spacial score (nSPS) is 11.7. The van der Waals surface area contributed by atoms with E-state index in [1.54, 1.807) is 36.2 Å². The van der Waals surface area contributed by atoms with Crippen LogP contribution in [0.4, 0.5) is 0 Å². The first-order valence-corrected chi connectivity index (χ1v) is 7.58.